The Bertz CT molecular complexity index is 1040. The van der Waals surface area contributed by atoms with E-state index in [2.05, 4.69) is 20.8 Å². The van der Waals surface area contributed by atoms with Gasteiger partial charge >= 0.3 is 0 Å². The summed E-state index contributed by atoms with van der Waals surface area (Å²) in [7, 11) is 0. The van der Waals surface area contributed by atoms with E-state index in [1.54, 1.807) is 0 Å². The third kappa shape index (κ3) is 3.96. The third-order valence-electron chi connectivity index (χ3n) is 4.66. The molecule has 1 aliphatic heterocycles. The molecule has 0 aliphatic carbocycles. The Morgan fingerprint density at radius 3 is 2.31 bits per heavy atom. The molecule has 10 heteroatoms. The number of hydrogen-bond acceptors (Lipinski definition) is 5. The second-order valence-corrected chi connectivity index (χ2v) is 6.58. The highest BCUT2D eigenvalue weighted by atomic mass is 19.1. The maximum absolute atomic E-state index is 13.1. The smallest absolute Gasteiger partial charge is 0.227 e. The number of hydrogen-bond donors (Lipinski definition) is 1. The molecule has 0 bridgehead atoms. The van der Waals surface area contributed by atoms with Crippen LogP contribution < -0.4 is 10.2 Å². The van der Waals surface area contributed by atoms with E-state index in [0.717, 1.165) is 0 Å². The van der Waals surface area contributed by atoms with Gasteiger partial charge in [0, 0.05) is 18.7 Å². The molecule has 1 aromatic heterocycles. The maximum atomic E-state index is 13.1. The Kier molecular flexibility index (Phi) is 4.98. The summed E-state index contributed by atoms with van der Waals surface area (Å²) in [4.78, 5) is 26.3. The van der Waals surface area contributed by atoms with Gasteiger partial charge in [-0.15, -0.1) is 5.10 Å². The summed E-state index contributed by atoms with van der Waals surface area (Å²) in [5, 5.41) is 14.1. The lowest BCUT2D eigenvalue weighted by Gasteiger charge is -2.16. The molecule has 2 amide bonds. The van der Waals surface area contributed by atoms with Gasteiger partial charge in [0.25, 0.3) is 0 Å². The summed E-state index contributed by atoms with van der Waals surface area (Å²) in [6.07, 6.45) is 0.0616. The quantitative estimate of drug-likeness (QED) is 0.705. The number of carbonyl (C=O) groups is 2. The van der Waals surface area contributed by atoms with Gasteiger partial charge in [0.1, 0.15) is 11.6 Å². The molecule has 2 heterocycles. The molecule has 1 saturated heterocycles. The molecule has 3 aromatic rings. The SMILES string of the molecule is O=C(NCc1nnnn1-c1ccc(F)cc1)[C@@H]1CC(=O)N(c2ccc(F)cc2)C1. The number of nitrogens with one attached hydrogen (secondary N) is 1. The molecule has 29 heavy (non-hydrogen) atoms. The second-order valence-electron chi connectivity index (χ2n) is 6.58. The van der Waals surface area contributed by atoms with Crippen LogP contribution >= 0.6 is 0 Å². The van der Waals surface area contributed by atoms with Gasteiger partial charge in [0.2, 0.25) is 11.8 Å². The van der Waals surface area contributed by atoms with E-state index in [1.165, 1.54) is 58.1 Å². The number of amides is 2. The number of anilines is 1. The van der Waals surface area contributed by atoms with Crippen molar-refractivity contribution < 1.29 is 18.4 Å². The van der Waals surface area contributed by atoms with Gasteiger partial charge in [-0.25, -0.2) is 8.78 Å². The standard InChI is InChI=1S/C19H16F2N6O2/c20-13-1-5-15(6-2-13)26-11-12(9-18(26)28)19(29)22-10-17-23-24-25-27(17)16-7-3-14(21)4-8-16/h1-8,12H,9-11H2,(H,22,29)/t12-/m1/s1. The van der Waals surface area contributed by atoms with Crippen LogP contribution in [0.5, 0.6) is 0 Å². The van der Waals surface area contributed by atoms with E-state index in [-0.39, 0.29) is 37.1 Å². The minimum absolute atomic E-state index is 0.0461. The summed E-state index contributed by atoms with van der Waals surface area (Å²) < 4.78 is 27.6. The van der Waals surface area contributed by atoms with Crippen molar-refractivity contribution in [2.24, 2.45) is 5.92 Å². The highest BCUT2D eigenvalue weighted by molar-refractivity contribution is 6.00. The third-order valence-corrected chi connectivity index (χ3v) is 4.66. The molecular formula is C19H16F2N6O2. The van der Waals surface area contributed by atoms with Crippen molar-refractivity contribution in [3.8, 4) is 5.69 Å². The predicted molar refractivity (Wildman–Crippen MR) is 97.8 cm³/mol. The van der Waals surface area contributed by atoms with Gasteiger partial charge in [0.05, 0.1) is 18.2 Å². The predicted octanol–water partition coefficient (Wildman–Crippen LogP) is 1.61. The van der Waals surface area contributed by atoms with Crippen LogP contribution in [0.15, 0.2) is 48.5 Å². The van der Waals surface area contributed by atoms with Crippen LogP contribution in [-0.4, -0.2) is 38.6 Å². The Morgan fingerprint density at radius 1 is 1.03 bits per heavy atom. The van der Waals surface area contributed by atoms with Crippen molar-refractivity contribution in [1.82, 2.24) is 25.5 Å². The molecule has 8 nitrogen and oxygen atoms in total. The first-order chi connectivity index (χ1) is 14.0. The molecule has 148 valence electrons. The van der Waals surface area contributed by atoms with Crippen molar-refractivity contribution >= 4 is 17.5 Å². The lowest BCUT2D eigenvalue weighted by Crippen LogP contribution is -2.33. The van der Waals surface area contributed by atoms with Crippen LogP contribution in [0.25, 0.3) is 5.69 Å². The molecule has 1 aliphatic rings. The molecule has 0 spiro atoms. The lowest BCUT2D eigenvalue weighted by molar-refractivity contribution is -0.126. The van der Waals surface area contributed by atoms with Gasteiger partial charge in [-0.05, 0) is 59.0 Å². The number of rotatable bonds is 5. The zero-order chi connectivity index (χ0) is 20.4. The second kappa shape index (κ2) is 7.74. The normalized spacial score (nSPS) is 16.3. The van der Waals surface area contributed by atoms with Gasteiger partial charge in [-0.3, -0.25) is 9.59 Å². The molecule has 0 unspecified atom stereocenters. The molecular weight excluding hydrogens is 382 g/mol. The number of halogens is 2. The Labute approximate surface area is 164 Å². The topological polar surface area (TPSA) is 93.0 Å². The summed E-state index contributed by atoms with van der Waals surface area (Å²) in [6.45, 7) is 0.254. The minimum Gasteiger partial charge on any atom is -0.348 e. The van der Waals surface area contributed by atoms with E-state index in [1.807, 2.05) is 0 Å². The number of nitrogens with zero attached hydrogens (tertiary/aromatic N) is 5. The molecule has 1 fully saturated rings. The number of aromatic nitrogens is 4. The van der Waals surface area contributed by atoms with Crippen LogP contribution in [-0.2, 0) is 16.1 Å². The van der Waals surface area contributed by atoms with Gasteiger partial charge in [0.15, 0.2) is 5.82 Å². The average Bonchev–Trinajstić information content (AvgIpc) is 3.34. The van der Waals surface area contributed by atoms with Crippen LogP contribution in [0.4, 0.5) is 14.5 Å². The molecule has 1 N–H and O–H groups in total. The largest absolute Gasteiger partial charge is 0.348 e. The molecule has 0 radical (unpaired) electrons. The fourth-order valence-electron chi connectivity index (χ4n) is 3.16. The first kappa shape index (κ1) is 18.7. The van der Waals surface area contributed by atoms with E-state index < -0.39 is 11.7 Å². The van der Waals surface area contributed by atoms with E-state index in [9.17, 15) is 18.4 Å². The van der Waals surface area contributed by atoms with E-state index in [0.29, 0.717) is 17.2 Å². The Balaban J connectivity index is 1.40. The van der Waals surface area contributed by atoms with E-state index >= 15 is 0 Å². The van der Waals surface area contributed by atoms with Crippen LogP contribution in [0.1, 0.15) is 12.2 Å². The monoisotopic (exact) mass is 398 g/mol. The van der Waals surface area contributed by atoms with E-state index in [4.69, 9.17) is 0 Å². The molecule has 0 saturated carbocycles. The van der Waals surface area contributed by atoms with Crippen LogP contribution in [0.3, 0.4) is 0 Å². The van der Waals surface area contributed by atoms with Gasteiger partial charge in [-0.1, -0.05) is 0 Å². The first-order valence-electron chi connectivity index (χ1n) is 8.88. The summed E-state index contributed by atoms with van der Waals surface area (Å²) in [5.74, 6) is -1.46. The Hall–Kier alpha value is -3.69. The Morgan fingerprint density at radius 2 is 1.66 bits per heavy atom. The fraction of sp³-hybridized carbons (Fsp3) is 0.211. The van der Waals surface area contributed by atoms with Crippen molar-refractivity contribution in [2.75, 3.05) is 11.4 Å². The van der Waals surface area contributed by atoms with Crippen LogP contribution in [0, 0.1) is 17.6 Å². The minimum atomic E-state index is -0.539. The summed E-state index contributed by atoms with van der Waals surface area (Å²) in [6, 6.07) is 11.2. The fourth-order valence-corrected chi connectivity index (χ4v) is 3.16. The summed E-state index contributed by atoms with van der Waals surface area (Å²) >= 11 is 0. The zero-order valence-electron chi connectivity index (χ0n) is 15.1. The van der Waals surface area contributed by atoms with Crippen molar-refractivity contribution in [3.05, 3.63) is 66.0 Å². The molecule has 2 aromatic carbocycles. The van der Waals surface area contributed by atoms with Crippen LogP contribution in [0.2, 0.25) is 0 Å². The first-order valence-corrected chi connectivity index (χ1v) is 8.88. The maximum Gasteiger partial charge on any atom is 0.227 e. The highest BCUT2D eigenvalue weighted by Gasteiger charge is 2.35. The number of tetrazole rings is 1. The van der Waals surface area contributed by atoms with Crippen molar-refractivity contribution in [3.63, 3.8) is 0 Å². The van der Waals surface area contributed by atoms with Crippen molar-refractivity contribution in [2.45, 2.75) is 13.0 Å². The number of carbonyl (C=O) groups excluding carboxylic acids is 2. The molecule has 4 rings (SSSR count). The highest BCUT2D eigenvalue weighted by Crippen LogP contribution is 2.25. The lowest BCUT2D eigenvalue weighted by atomic mass is 10.1. The molecule has 1 atom stereocenters. The number of benzene rings is 2. The summed E-state index contributed by atoms with van der Waals surface area (Å²) in [5.41, 5.74) is 1.10. The zero-order valence-corrected chi connectivity index (χ0v) is 15.1. The van der Waals surface area contributed by atoms with Gasteiger partial charge in [-0.2, -0.15) is 4.68 Å². The van der Waals surface area contributed by atoms with Gasteiger partial charge < -0.3 is 10.2 Å². The van der Waals surface area contributed by atoms with Crippen molar-refractivity contribution in [1.29, 1.82) is 0 Å². The average molecular weight is 398 g/mol.